The summed E-state index contributed by atoms with van der Waals surface area (Å²) in [6, 6.07) is 6.21. The predicted octanol–water partition coefficient (Wildman–Crippen LogP) is 3.76. The Morgan fingerprint density at radius 3 is 2.81 bits per heavy atom. The summed E-state index contributed by atoms with van der Waals surface area (Å²) in [5.41, 5.74) is 0.738. The van der Waals surface area contributed by atoms with E-state index in [9.17, 15) is 14.4 Å². The van der Waals surface area contributed by atoms with Crippen LogP contribution in [0.5, 0.6) is 0 Å². The summed E-state index contributed by atoms with van der Waals surface area (Å²) >= 11 is 0. The van der Waals surface area contributed by atoms with E-state index in [1.165, 1.54) is 12.1 Å². The number of carbonyl (C=O) groups is 2. The average Bonchev–Trinajstić information content (AvgIpc) is 2.66. The zero-order valence-electron chi connectivity index (χ0n) is 15.0. The van der Waals surface area contributed by atoms with Crippen LogP contribution in [0.3, 0.4) is 0 Å². The van der Waals surface area contributed by atoms with Crippen LogP contribution in [0.1, 0.15) is 31.7 Å². The fourth-order valence-corrected chi connectivity index (χ4v) is 2.99. The number of anilines is 1. The minimum Gasteiger partial charge on any atom is -0.461 e. The Morgan fingerprint density at radius 1 is 1.22 bits per heavy atom. The molecule has 0 saturated carbocycles. The van der Waals surface area contributed by atoms with E-state index in [2.05, 4.69) is 11.4 Å². The van der Waals surface area contributed by atoms with Crippen LogP contribution in [0.15, 0.2) is 45.6 Å². The highest BCUT2D eigenvalue weighted by atomic mass is 16.5. The van der Waals surface area contributed by atoms with Crippen LogP contribution >= 0.6 is 0 Å². The summed E-state index contributed by atoms with van der Waals surface area (Å²) in [5, 5.41) is 3.19. The van der Waals surface area contributed by atoms with Crippen molar-refractivity contribution in [3.8, 4) is 0 Å². The lowest BCUT2D eigenvalue weighted by Crippen LogP contribution is -2.19. The Morgan fingerprint density at radius 2 is 2.07 bits per heavy atom. The molecule has 1 aliphatic rings. The standard InChI is InChI=1S/C20H21NO6/c1-2-25-20(24)21-15-8-9-16-14(10-18(22)27-17(16)11-15)12-26-19(23)13-6-4-3-5-7-13/h3-4,8-11,13H,2,5-7,12H2,1H3,(H,21,24)/t13-/m0/s1. The van der Waals surface area contributed by atoms with Gasteiger partial charge >= 0.3 is 17.7 Å². The molecule has 0 saturated heterocycles. The van der Waals surface area contributed by atoms with Gasteiger partial charge in [0.15, 0.2) is 0 Å². The Bertz CT molecular complexity index is 930. The molecule has 0 fully saturated rings. The topological polar surface area (TPSA) is 94.8 Å². The third-order valence-electron chi connectivity index (χ3n) is 4.32. The van der Waals surface area contributed by atoms with Crippen molar-refractivity contribution in [1.82, 2.24) is 0 Å². The lowest BCUT2D eigenvalue weighted by molar-refractivity contribution is -0.150. The second kappa shape index (κ2) is 8.53. The lowest BCUT2D eigenvalue weighted by Gasteiger charge is -2.16. The van der Waals surface area contributed by atoms with Gasteiger partial charge in [0.25, 0.3) is 0 Å². The van der Waals surface area contributed by atoms with Crippen LogP contribution in [-0.2, 0) is 20.9 Å². The molecule has 0 radical (unpaired) electrons. The molecule has 7 heteroatoms. The Labute approximate surface area is 155 Å². The zero-order chi connectivity index (χ0) is 19.2. The first-order valence-electron chi connectivity index (χ1n) is 8.89. The molecule has 0 unspecified atom stereocenters. The first-order chi connectivity index (χ1) is 13.1. The summed E-state index contributed by atoms with van der Waals surface area (Å²) in [4.78, 5) is 35.6. The molecule has 0 spiro atoms. The van der Waals surface area contributed by atoms with E-state index in [-0.39, 0.29) is 25.1 Å². The van der Waals surface area contributed by atoms with E-state index in [1.807, 2.05) is 6.08 Å². The molecule has 7 nitrogen and oxygen atoms in total. The van der Waals surface area contributed by atoms with E-state index in [0.29, 0.717) is 28.6 Å². The second-order valence-corrected chi connectivity index (χ2v) is 6.24. The number of ether oxygens (including phenoxy) is 2. The number of fused-ring (bicyclic) bond motifs is 1. The minimum absolute atomic E-state index is 0.00814. The molecular weight excluding hydrogens is 350 g/mol. The van der Waals surface area contributed by atoms with Crippen molar-refractivity contribution < 1.29 is 23.5 Å². The molecule has 2 aromatic rings. The van der Waals surface area contributed by atoms with Crippen LogP contribution in [0.2, 0.25) is 0 Å². The zero-order valence-corrected chi connectivity index (χ0v) is 15.0. The van der Waals surface area contributed by atoms with Gasteiger partial charge in [-0.05, 0) is 38.3 Å². The molecule has 1 heterocycles. The van der Waals surface area contributed by atoms with Gasteiger partial charge in [-0.1, -0.05) is 12.2 Å². The molecule has 1 aliphatic carbocycles. The highest BCUT2D eigenvalue weighted by molar-refractivity contribution is 5.90. The van der Waals surface area contributed by atoms with Crippen molar-refractivity contribution in [3.05, 3.63) is 52.4 Å². The first-order valence-corrected chi connectivity index (χ1v) is 8.89. The quantitative estimate of drug-likeness (QED) is 0.488. The number of rotatable bonds is 5. The average molecular weight is 371 g/mol. The molecule has 1 atom stereocenters. The Hall–Kier alpha value is -3.09. The third-order valence-corrected chi connectivity index (χ3v) is 4.32. The monoisotopic (exact) mass is 371 g/mol. The number of nitrogens with one attached hydrogen (secondary N) is 1. The van der Waals surface area contributed by atoms with E-state index in [0.717, 1.165) is 12.8 Å². The fraction of sp³-hybridized carbons (Fsp3) is 0.350. The maximum absolute atomic E-state index is 12.2. The van der Waals surface area contributed by atoms with Crippen LogP contribution in [-0.4, -0.2) is 18.7 Å². The molecular formula is C20H21NO6. The molecule has 3 rings (SSSR count). The molecule has 1 N–H and O–H groups in total. The van der Waals surface area contributed by atoms with Gasteiger partial charge in [-0.15, -0.1) is 0 Å². The predicted molar refractivity (Wildman–Crippen MR) is 99.4 cm³/mol. The molecule has 142 valence electrons. The van der Waals surface area contributed by atoms with Crippen LogP contribution < -0.4 is 10.9 Å². The lowest BCUT2D eigenvalue weighted by atomic mass is 9.95. The maximum Gasteiger partial charge on any atom is 0.411 e. The van der Waals surface area contributed by atoms with Gasteiger partial charge in [0.05, 0.1) is 12.5 Å². The van der Waals surface area contributed by atoms with Crippen molar-refractivity contribution in [2.75, 3.05) is 11.9 Å². The minimum atomic E-state index is -0.592. The fourth-order valence-electron chi connectivity index (χ4n) is 2.99. The van der Waals surface area contributed by atoms with E-state index >= 15 is 0 Å². The normalized spacial score (nSPS) is 16.1. The van der Waals surface area contributed by atoms with Crippen LogP contribution in [0.25, 0.3) is 11.0 Å². The SMILES string of the molecule is CCOC(=O)Nc1ccc2c(COC(=O)[C@H]3CC=CCC3)cc(=O)oc2c1. The first kappa shape index (κ1) is 18.7. The van der Waals surface area contributed by atoms with Gasteiger partial charge in [0, 0.05) is 28.8 Å². The maximum atomic E-state index is 12.2. The number of carbonyl (C=O) groups excluding carboxylic acids is 2. The van der Waals surface area contributed by atoms with Gasteiger partial charge in [-0.25, -0.2) is 9.59 Å². The summed E-state index contributed by atoms with van der Waals surface area (Å²) in [6.45, 7) is 1.95. The molecule has 27 heavy (non-hydrogen) atoms. The number of amides is 1. The number of hydrogen-bond donors (Lipinski definition) is 1. The van der Waals surface area contributed by atoms with Gasteiger partial charge in [0.2, 0.25) is 0 Å². The van der Waals surface area contributed by atoms with Crippen LogP contribution in [0, 0.1) is 5.92 Å². The van der Waals surface area contributed by atoms with Gasteiger partial charge in [-0.3, -0.25) is 10.1 Å². The van der Waals surface area contributed by atoms with Gasteiger partial charge < -0.3 is 13.9 Å². The highest BCUT2D eigenvalue weighted by Crippen LogP contribution is 2.24. The summed E-state index contributed by atoms with van der Waals surface area (Å²) in [5.74, 6) is -0.400. The van der Waals surface area contributed by atoms with E-state index in [4.69, 9.17) is 13.9 Å². The number of hydrogen-bond acceptors (Lipinski definition) is 6. The molecule has 0 bridgehead atoms. The van der Waals surface area contributed by atoms with Gasteiger partial charge in [-0.2, -0.15) is 0 Å². The highest BCUT2D eigenvalue weighted by Gasteiger charge is 2.20. The number of benzene rings is 1. The molecule has 1 aromatic carbocycles. The van der Waals surface area contributed by atoms with Crippen molar-refractivity contribution >= 4 is 28.7 Å². The molecule has 1 aromatic heterocycles. The number of esters is 1. The summed E-state index contributed by atoms with van der Waals surface area (Å²) in [6.07, 6.45) is 5.77. The molecule has 0 aliphatic heterocycles. The van der Waals surface area contributed by atoms with Crippen LogP contribution in [0.4, 0.5) is 10.5 Å². The van der Waals surface area contributed by atoms with Gasteiger partial charge in [0.1, 0.15) is 12.2 Å². The smallest absolute Gasteiger partial charge is 0.411 e. The second-order valence-electron chi connectivity index (χ2n) is 6.24. The summed E-state index contributed by atoms with van der Waals surface area (Å²) in [7, 11) is 0. The largest absolute Gasteiger partial charge is 0.461 e. The van der Waals surface area contributed by atoms with Crippen molar-refractivity contribution in [1.29, 1.82) is 0 Å². The van der Waals surface area contributed by atoms with Crippen molar-refractivity contribution in [2.24, 2.45) is 5.92 Å². The van der Waals surface area contributed by atoms with Crippen molar-refractivity contribution in [3.63, 3.8) is 0 Å². The Kier molecular flexibility index (Phi) is 5.90. The Balaban J connectivity index is 1.77. The van der Waals surface area contributed by atoms with E-state index in [1.54, 1.807) is 19.1 Å². The van der Waals surface area contributed by atoms with E-state index < -0.39 is 11.7 Å². The summed E-state index contributed by atoms with van der Waals surface area (Å²) < 4.78 is 15.4. The van der Waals surface area contributed by atoms with Crippen molar-refractivity contribution in [2.45, 2.75) is 32.8 Å². The third kappa shape index (κ3) is 4.75. The molecule has 1 amide bonds. The number of allylic oxidation sites excluding steroid dienone is 2.